The van der Waals surface area contributed by atoms with E-state index in [1.807, 2.05) is 36.4 Å². The van der Waals surface area contributed by atoms with Crippen molar-refractivity contribution in [3.8, 4) is 5.82 Å². The largest absolute Gasteiger partial charge is 0.338 e. The van der Waals surface area contributed by atoms with E-state index in [4.69, 9.17) is 4.63 Å². The Hall–Kier alpha value is -3.73. The highest BCUT2D eigenvalue weighted by Crippen LogP contribution is 2.23. The molecular formula is C17H12N8O2S. The maximum atomic E-state index is 12.3. The Bertz CT molecular complexity index is 1280. The maximum Gasteiger partial charge on any atom is 0.236 e. The SMILES string of the molecule is O=C(CSc1nnc2c(n1)[nH]c1ccccc12)Nc1nonc1-n1cccc1. The molecule has 1 aromatic carbocycles. The summed E-state index contributed by atoms with van der Waals surface area (Å²) in [5.41, 5.74) is 2.28. The van der Waals surface area contributed by atoms with Crippen molar-refractivity contribution in [1.82, 2.24) is 35.0 Å². The summed E-state index contributed by atoms with van der Waals surface area (Å²) in [7, 11) is 0. The lowest BCUT2D eigenvalue weighted by molar-refractivity contribution is -0.113. The van der Waals surface area contributed by atoms with Crippen LogP contribution in [0.2, 0.25) is 0 Å². The molecule has 0 unspecified atom stereocenters. The fraction of sp³-hybridized carbons (Fsp3) is 0.0588. The normalized spacial score (nSPS) is 11.3. The zero-order valence-electron chi connectivity index (χ0n) is 14.2. The van der Waals surface area contributed by atoms with Crippen molar-refractivity contribution in [2.24, 2.45) is 0 Å². The molecular weight excluding hydrogens is 380 g/mol. The molecule has 0 fully saturated rings. The van der Waals surface area contributed by atoms with Gasteiger partial charge in [-0.25, -0.2) is 9.61 Å². The number of carbonyl (C=O) groups is 1. The number of carbonyl (C=O) groups excluding carboxylic acids is 1. The molecule has 11 heteroatoms. The summed E-state index contributed by atoms with van der Waals surface area (Å²) in [6, 6.07) is 11.4. The lowest BCUT2D eigenvalue weighted by atomic mass is 10.2. The molecule has 138 valence electrons. The quantitative estimate of drug-likeness (QED) is 0.437. The summed E-state index contributed by atoms with van der Waals surface area (Å²) >= 11 is 1.18. The number of nitrogens with one attached hydrogen (secondary N) is 2. The van der Waals surface area contributed by atoms with Crippen LogP contribution in [0.15, 0.2) is 58.6 Å². The fourth-order valence-corrected chi connectivity index (χ4v) is 3.36. The van der Waals surface area contributed by atoms with Crippen LogP contribution in [-0.2, 0) is 4.79 Å². The molecule has 5 rings (SSSR count). The summed E-state index contributed by atoms with van der Waals surface area (Å²) in [6.45, 7) is 0. The Balaban J connectivity index is 1.29. The molecule has 1 amide bonds. The molecule has 2 N–H and O–H groups in total. The number of para-hydroxylation sites is 1. The summed E-state index contributed by atoms with van der Waals surface area (Å²) in [5.74, 6) is 0.452. The third kappa shape index (κ3) is 2.97. The van der Waals surface area contributed by atoms with Gasteiger partial charge in [-0.3, -0.25) is 4.79 Å². The van der Waals surface area contributed by atoms with E-state index in [0.717, 1.165) is 10.9 Å². The first kappa shape index (κ1) is 16.4. The average molecular weight is 392 g/mol. The molecule has 0 saturated heterocycles. The number of rotatable bonds is 5. The fourth-order valence-electron chi connectivity index (χ4n) is 2.77. The predicted octanol–water partition coefficient (Wildman–Crippen LogP) is 2.41. The predicted molar refractivity (Wildman–Crippen MR) is 102 cm³/mol. The number of aromatic nitrogens is 7. The van der Waals surface area contributed by atoms with Crippen molar-refractivity contribution in [3.63, 3.8) is 0 Å². The Kier molecular flexibility index (Phi) is 3.98. The summed E-state index contributed by atoms with van der Waals surface area (Å²) < 4.78 is 6.42. The van der Waals surface area contributed by atoms with Gasteiger partial charge < -0.3 is 14.9 Å². The maximum absolute atomic E-state index is 12.3. The molecule has 0 atom stereocenters. The second-order valence-corrected chi connectivity index (χ2v) is 6.77. The number of hydrogen-bond donors (Lipinski definition) is 2. The van der Waals surface area contributed by atoms with Gasteiger partial charge in [-0.2, -0.15) is 0 Å². The molecule has 0 radical (unpaired) electrons. The Labute approximate surface area is 161 Å². The number of fused-ring (bicyclic) bond motifs is 3. The van der Waals surface area contributed by atoms with Gasteiger partial charge >= 0.3 is 0 Å². The van der Waals surface area contributed by atoms with E-state index in [-0.39, 0.29) is 17.5 Å². The van der Waals surface area contributed by atoms with Gasteiger partial charge in [0.05, 0.1) is 5.75 Å². The molecule has 10 nitrogen and oxygen atoms in total. The number of H-pyrrole nitrogens is 1. The van der Waals surface area contributed by atoms with E-state index >= 15 is 0 Å². The van der Waals surface area contributed by atoms with E-state index in [2.05, 4.69) is 35.8 Å². The van der Waals surface area contributed by atoms with Gasteiger partial charge in [0.15, 0.2) is 5.65 Å². The molecule has 0 aliphatic carbocycles. The molecule has 4 aromatic heterocycles. The van der Waals surface area contributed by atoms with E-state index in [9.17, 15) is 4.79 Å². The number of benzene rings is 1. The number of amides is 1. The van der Waals surface area contributed by atoms with E-state index < -0.39 is 0 Å². The monoisotopic (exact) mass is 392 g/mol. The van der Waals surface area contributed by atoms with Crippen LogP contribution in [0.3, 0.4) is 0 Å². The highest BCUT2D eigenvalue weighted by Gasteiger charge is 2.16. The van der Waals surface area contributed by atoms with Crippen molar-refractivity contribution in [1.29, 1.82) is 0 Å². The zero-order chi connectivity index (χ0) is 18.9. The minimum atomic E-state index is -0.283. The van der Waals surface area contributed by atoms with Crippen molar-refractivity contribution in [2.75, 3.05) is 11.1 Å². The molecule has 0 aliphatic heterocycles. The van der Waals surface area contributed by atoms with Crippen LogP contribution in [0, 0.1) is 0 Å². The van der Waals surface area contributed by atoms with Crippen LogP contribution in [0.4, 0.5) is 5.82 Å². The molecule has 0 saturated carbocycles. The molecule has 4 heterocycles. The molecule has 28 heavy (non-hydrogen) atoms. The van der Waals surface area contributed by atoms with Crippen LogP contribution < -0.4 is 5.32 Å². The van der Waals surface area contributed by atoms with Crippen LogP contribution in [0.5, 0.6) is 0 Å². The van der Waals surface area contributed by atoms with Crippen LogP contribution >= 0.6 is 11.8 Å². The number of anilines is 1. The van der Waals surface area contributed by atoms with E-state index in [1.165, 1.54) is 11.8 Å². The van der Waals surface area contributed by atoms with Gasteiger partial charge in [0.25, 0.3) is 0 Å². The van der Waals surface area contributed by atoms with Crippen LogP contribution in [-0.4, -0.2) is 46.7 Å². The minimum Gasteiger partial charge on any atom is -0.338 e. The van der Waals surface area contributed by atoms with E-state index in [1.54, 1.807) is 17.0 Å². The van der Waals surface area contributed by atoms with Crippen molar-refractivity contribution >= 4 is 45.6 Å². The first-order valence-electron chi connectivity index (χ1n) is 8.27. The standard InChI is InChI=1S/C17H12N8O2S/c26-12(19-15-16(24-27-23-15)25-7-3-4-8-25)9-28-17-20-14-13(21-22-17)10-5-1-2-6-11(10)18-14/h1-8H,9H2,(H,18,20,22)(H,19,23,26). The number of hydrogen-bond acceptors (Lipinski definition) is 8. The first-order chi connectivity index (χ1) is 13.8. The summed E-state index contributed by atoms with van der Waals surface area (Å²) in [4.78, 5) is 19.9. The third-order valence-corrected chi connectivity index (χ3v) is 4.85. The van der Waals surface area contributed by atoms with Gasteiger partial charge in [0.1, 0.15) is 5.52 Å². The summed E-state index contributed by atoms with van der Waals surface area (Å²) in [5, 5.41) is 19.9. The second-order valence-electron chi connectivity index (χ2n) is 5.83. The van der Waals surface area contributed by atoms with Gasteiger partial charge in [0, 0.05) is 23.3 Å². The summed E-state index contributed by atoms with van der Waals surface area (Å²) in [6.07, 6.45) is 3.55. The molecule has 0 aliphatic rings. The van der Waals surface area contributed by atoms with Gasteiger partial charge in [-0.15, -0.1) is 10.2 Å². The lowest BCUT2D eigenvalue weighted by Crippen LogP contribution is -2.16. The average Bonchev–Trinajstić information content (AvgIpc) is 3.45. The highest BCUT2D eigenvalue weighted by molar-refractivity contribution is 7.99. The minimum absolute atomic E-state index is 0.0887. The Morgan fingerprint density at radius 2 is 2.00 bits per heavy atom. The lowest BCUT2D eigenvalue weighted by Gasteiger charge is -2.03. The molecule has 5 aromatic rings. The van der Waals surface area contributed by atoms with Gasteiger partial charge in [-0.05, 0) is 28.5 Å². The second kappa shape index (κ2) is 6.78. The first-order valence-corrected chi connectivity index (χ1v) is 9.26. The Morgan fingerprint density at radius 1 is 1.14 bits per heavy atom. The van der Waals surface area contributed by atoms with Crippen LogP contribution in [0.1, 0.15) is 0 Å². The van der Waals surface area contributed by atoms with Crippen molar-refractivity contribution < 1.29 is 9.42 Å². The number of thioether (sulfide) groups is 1. The zero-order valence-corrected chi connectivity index (χ0v) is 15.1. The number of nitrogens with zero attached hydrogens (tertiary/aromatic N) is 6. The van der Waals surface area contributed by atoms with Crippen molar-refractivity contribution in [2.45, 2.75) is 5.16 Å². The van der Waals surface area contributed by atoms with Gasteiger partial charge in [-0.1, -0.05) is 30.0 Å². The molecule has 0 spiro atoms. The topological polar surface area (TPSA) is 127 Å². The van der Waals surface area contributed by atoms with Gasteiger partial charge in [0.2, 0.25) is 22.7 Å². The smallest absolute Gasteiger partial charge is 0.236 e. The third-order valence-electron chi connectivity index (χ3n) is 4.01. The number of aromatic amines is 1. The highest BCUT2D eigenvalue weighted by atomic mass is 32.2. The van der Waals surface area contributed by atoms with Crippen LogP contribution in [0.25, 0.3) is 27.9 Å². The van der Waals surface area contributed by atoms with Crippen molar-refractivity contribution in [3.05, 3.63) is 48.8 Å². The Morgan fingerprint density at radius 3 is 2.89 bits per heavy atom. The molecule has 0 bridgehead atoms. The van der Waals surface area contributed by atoms with E-state index in [0.29, 0.717) is 22.1 Å².